The molecule has 130 valence electrons. The second kappa shape index (κ2) is 8.91. The first-order valence-corrected chi connectivity index (χ1v) is 8.88. The third-order valence-electron chi connectivity index (χ3n) is 2.98. The van der Waals surface area contributed by atoms with E-state index in [2.05, 4.69) is 0 Å². The maximum absolute atomic E-state index is 12.5. The van der Waals surface area contributed by atoms with Crippen LogP contribution in [0.25, 0.3) is 0 Å². The molecular formula is C15H23O7P. The van der Waals surface area contributed by atoms with Gasteiger partial charge in [0.15, 0.2) is 17.3 Å². The number of rotatable bonds is 10. The minimum absolute atomic E-state index is 0.194. The molecule has 0 unspecified atom stereocenters. The molecule has 0 aliphatic rings. The number of hydrogen-bond donors (Lipinski definition) is 0. The van der Waals surface area contributed by atoms with Crippen molar-refractivity contribution >= 4 is 13.4 Å². The first-order chi connectivity index (χ1) is 10.9. The van der Waals surface area contributed by atoms with E-state index >= 15 is 0 Å². The number of Topliss-reactive ketones (excluding diaryl/α,β-unsaturated/α-hetero) is 1. The summed E-state index contributed by atoms with van der Waals surface area (Å²) in [5.41, 5.74) is 0.277. The Hall–Kier alpha value is -1.56. The Morgan fingerprint density at radius 1 is 0.957 bits per heavy atom. The van der Waals surface area contributed by atoms with Crippen LogP contribution in [-0.4, -0.2) is 46.5 Å². The minimum Gasteiger partial charge on any atom is -0.493 e. The van der Waals surface area contributed by atoms with Crippen LogP contribution in [0.2, 0.25) is 0 Å². The molecule has 7 nitrogen and oxygen atoms in total. The lowest BCUT2D eigenvalue weighted by molar-refractivity contribution is 0.100. The standard InChI is InChI=1S/C15H23O7P/c1-6-21-23(17,22-7-2)10-12(16)11-8-13(18-3)15(20-5)14(9-11)19-4/h8-9H,6-7,10H2,1-5H3. The molecule has 8 heteroatoms. The molecule has 0 bridgehead atoms. The molecule has 0 atom stereocenters. The van der Waals surface area contributed by atoms with Gasteiger partial charge >= 0.3 is 7.60 Å². The molecule has 0 radical (unpaired) electrons. The number of hydrogen-bond acceptors (Lipinski definition) is 7. The molecule has 0 amide bonds. The molecule has 23 heavy (non-hydrogen) atoms. The van der Waals surface area contributed by atoms with Crippen LogP contribution in [0.5, 0.6) is 17.2 Å². The number of methoxy groups -OCH3 is 3. The van der Waals surface area contributed by atoms with Crippen molar-refractivity contribution in [2.24, 2.45) is 0 Å². The van der Waals surface area contributed by atoms with E-state index in [1.807, 2.05) is 0 Å². The third kappa shape index (κ3) is 4.96. The highest BCUT2D eigenvalue weighted by Crippen LogP contribution is 2.49. The van der Waals surface area contributed by atoms with Crippen molar-refractivity contribution in [2.45, 2.75) is 13.8 Å². The molecule has 0 aliphatic heterocycles. The van der Waals surface area contributed by atoms with Crippen molar-refractivity contribution in [3.63, 3.8) is 0 Å². The van der Waals surface area contributed by atoms with Gasteiger partial charge in [0.2, 0.25) is 5.75 Å². The fraction of sp³-hybridized carbons (Fsp3) is 0.533. The highest BCUT2D eigenvalue weighted by molar-refractivity contribution is 7.54. The monoisotopic (exact) mass is 346 g/mol. The normalized spacial score (nSPS) is 11.2. The number of carbonyl (C=O) groups is 1. The molecule has 0 N–H and O–H groups in total. The van der Waals surface area contributed by atoms with Gasteiger partial charge in [-0.2, -0.15) is 0 Å². The van der Waals surface area contributed by atoms with Crippen LogP contribution >= 0.6 is 7.60 Å². The Kier molecular flexibility index (Phi) is 7.55. The summed E-state index contributed by atoms with van der Waals surface area (Å²) in [4.78, 5) is 12.5. The summed E-state index contributed by atoms with van der Waals surface area (Å²) < 4.78 is 38.4. The molecule has 0 saturated carbocycles. The zero-order valence-electron chi connectivity index (χ0n) is 14.1. The van der Waals surface area contributed by atoms with Crippen molar-refractivity contribution in [1.29, 1.82) is 0 Å². The first-order valence-electron chi connectivity index (χ1n) is 7.16. The van der Waals surface area contributed by atoms with E-state index in [0.717, 1.165) is 0 Å². The van der Waals surface area contributed by atoms with E-state index < -0.39 is 13.4 Å². The van der Waals surface area contributed by atoms with Crippen LogP contribution in [-0.2, 0) is 13.6 Å². The van der Waals surface area contributed by atoms with Gasteiger partial charge in [-0.3, -0.25) is 9.36 Å². The minimum atomic E-state index is -3.47. The smallest absolute Gasteiger partial charge is 0.338 e. The zero-order chi connectivity index (χ0) is 17.5. The molecule has 0 aromatic heterocycles. The van der Waals surface area contributed by atoms with Crippen LogP contribution in [0, 0.1) is 0 Å². The van der Waals surface area contributed by atoms with E-state index in [-0.39, 0.29) is 24.9 Å². The number of ether oxygens (including phenoxy) is 3. The SMILES string of the molecule is CCOP(=O)(CC(=O)c1cc(OC)c(OC)c(OC)c1)OCC. The molecule has 1 rings (SSSR count). The van der Waals surface area contributed by atoms with Crippen molar-refractivity contribution < 1.29 is 32.6 Å². The van der Waals surface area contributed by atoms with Gasteiger partial charge in [-0.15, -0.1) is 0 Å². The van der Waals surface area contributed by atoms with Crippen molar-refractivity contribution in [3.8, 4) is 17.2 Å². The van der Waals surface area contributed by atoms with E-state index in [9.17, 15) is 9.36 Å². The molecular weight excluding hydrogens is 323 g/mol. The van der Waals surface area contributed by atoms with Gasteiger partial charge < -0.3 is 23.3 Å². The van der Waals surface area contributed by atoms with Gasteiger partial charge in [-0.25, -0.2) is 0 Å². The summed E-state index contributed by atoms with van der Waals surface area (Å²) in [6.07, 6.45) is -0.354. The summed E-state index contributed by atoms with van der Waals surface area (Å²) in [7, 11) is 0.914. The lowest BCUT2D eigenvalue weighted by atomic mass is 10.1. The Labute approximate surface area is 136 Å². The largest absolute Gasteiger partial charge is 0.493 e. The highest BCUT2D eigenvalue weighted by Gasteiger charge is 2.29. The predicted molar refractivity (Wildman–Crippen MR) is 86.2 cm³/mol. The zero-order valence-corrected chi connectivity index (χ0v) is 15.0. The van der Waals surface area contributed by atoms with E-state index in [4.69, 9.17) is 23.3 Å². The first kappa shape index (κ1) is 19.5. The fourth-order valence-corrected chi connectivity index (χ4v) is 3.61. The topological polar surface area (TPSA) is 80.3 Å². The molecule has 0 fully saturated rings. The second-order valence-corrected chi connectivity index (χ2v) is 6.50. The van der Waals surface area contributed by atoms with Crippen LogP contribution in [0.3, 0.4) is 0 Å². The molecule has 0 spiro atoms. The van der Waals surface area contributed by atoms with E-state index in [1.54, 1.807) is 13.8 Å². The maximum atomic E-state index is 12.5. The van der Waals surface area contributed by atoms with E-state index in [0.29, 0.717) is 17.2 Å². The quantitative estimate of drug-likeness (QED) is 0.475. The fourth-order valence-electron chi connectivity index (χ4n) is 2.03. The molecule has 0 saturated heterocycles. The Balaban J connectivity index is 3.14. The van der Waals surface area contributed by atoms with Gasteiger partial charge in [0.25, 0.3) is 0 Å². The van der Waals surface area contributed by atoms with Crippen LogP contribution < -0.4 is 14.2 Å². The Morgan fingerprint density at radius 3 is 1.78 bits per heavy atom. The second-order valence-electron chi connectivity index (χ2n) is 4.44. The molecule has 0 heterocycles. The lowest BCUT2D eigenvalue weighted by Crippen LogP contribution is -2.11. The Bertz CT molecular complexity index is 550. The summed E-state index contributed by atoms with van der Waals surface area (Å²) in [6.45, 7) is 3.77. The average Bonchev–Trinajstić information content (AvgIpc) is 2.53. The van der Waals surface area contributed by atoms with Crippen LogP contribution in [0.1, 0.15) is 24.2 Å². The summed E-state index contributed by atoms with van der Waals surface area (Å²) in [6, 6.07) is 3.01. The molecule has 1 aromatic rings. The van der Waals surface area contributed by atoms with Crippen molar-refractivity contribution in [1.82, 2.24) is 0 Å². The van der Waals surface area contributed by atoms with Gasteiger partial charge in [-0.05, 0) is 26.0 Å². The summed E-state index contributed by atoms with van der Waals surface area (Å²) in [5, 5.41) is 0. The van der Waals surface area contributed by atoms with Gasteiger partial charge in [-0.1, -0.05) is 0 Å². The highest BCUT2D eigenvalue weighted by atomic mass is 31.2. The van der Waals surface area contributed by atoms with Crippen LogP contribution in [0.4, 0.5) is 0 Å². The summed E-state index contributed by atoms with van der Waals surface area (Å²) in [5.74, 6) is 0.675. The van der Waals surface area contributed by atoms with E-state index in [1.165, 1.54) is 33.5 Å². The maximum Gasteiger partial charge on any atom is 0.338 e. The Morgan fingerprint density at radius 2 is 1.43 bits per heavy atom. The third-order valence-corrected chi connectivity index (χ3v) is 4.95. The van der Waals surface area contributed by atoms with Crippen molar-refractivity contribution in [2.75, 3.05) is 40.7 Å². The van der Waals surface area contributed by atoms with Gasteiger partial charge in [0.1, 0.15) is 6.16 Å². The predicted octanol–water partition coefficient (Wildman–Crippen LogP) is 3.16. The van der Waals surface area contributed by atoms with Gasteiger partial charge in [0, 0.05) is 5.56 Å². The number of benzene rings is 1. The van der Waals surface area contributed by atoms with Crippen LogP contribution in [0.15, 0.2) is 12.1 Å². The van der Waals surface area contributed by atoms with Gasteiger partial charge in [0.05, 0.1) is 34.5 Å². The molecule has 0 aliphatic carbocycles. The van der Waals surface area contributed by atoms with Crippen molar-refractivity contribution in [3.05, 3.63) is 17.7 Å². The number of carbonyl (C=O) groups excluding carboxylic acids is 1. The lowest BCUT2D eigenvalue weighted by Gasteiger charge is -2.17. The number of ketones is 1. The summed E-state index contributed by atoms with van der Waals surface area (Å²) >= 11 is 0. The molecule has 1 aromatic carbocycles. The average molecular weight is 346 g/mol.